The van der Waals surface area contributed by atoms with Gasteiger partial charge in [0, 0.05) is 20.2 Å². The molecule has 1 aliphatic heterocycles. The molecule has 128 valence electrons. The minimum Gasteiger partial charge on any atom is -0.384 e. The van der Waals surface area contributed by atoms with E-state index in [2.05, 4.69) is 26.7 Å². The number of ether oxygens (including phenoxy) is 1. The minimum absolute atomic E-state index is 0.166. The molecule has 0 aliphatic carbocycles. The van der Waals surface area contributed by atoms with Gasteiger partial charge in [0.25, 0.3) is 0 Å². The van der Waals surface area contributed by atoms with Crippen LogP contribution in [0.4, 0.5) is 0 Å². The van der Waals surface area contributed by atoms with Crippen LogP contribution in [-0.2, 0) is 21.4 Å². The highest BCUT2D eigenvalue weighted by atomic mass is 16.5. The molecule has 0 bridgehead atoms. The van der Waals surface area contributed by atoms with Crippen molar-refractivity contribution >= 4 is 5.91 Å². The van der Waals surface area contributed by atoms with Gasteiger partial charge >= 0.3 is 0 Å². The molecule has 2 heterocycles. The first-order chi connectivity index (χ1) is 11.6. The van der Waals surface area contributed by atoms with Crippen LogP contribution in [-0.4, -0.2) is 58.2 Å². The van der Waals surface area contributed by atoms with Crippen molar-refractivity contribution in [3.8, 4) is 0 Å². The average Bonchev–Trinajstić information content (AvgIpc) is 3.11. The predicted molar refractivity (Wildman–Crippen MR) is 88.4 cm³/mol. The summed E-state index contributed by atoms with van der Waals surface area (Å²) in [6.07, 6.45) is 2.00. The van der Waals surface area contributed by atoms with Gasteiger partial charge in [0.15, 0.2) is 5.82 Å². The summed E-state index contributed by atoms with van der Waals surface area (Å²) in [6, 6.07) is 8.10. The number of aryl methyl sites for hydroxylation is 1. The number of H-pyrrole nitrogens is 1. The number of piperidine rings is 1. The maximum atomic E-state index is 12.6. The molecule has 24 heavy (non-hydrogen) atoms. The quantitative estimate of drug-likeness (QED) is 0.893. The van der Waals surface area contributed by atoms with Gasteiger partial charge in [-0.2, -0.15) is 5.21 Å². The SMILES string of the molecule is COCC1(c2nn[nH]n2)CCN(C(=O)Cc2cccc(C)c2)CC1. The van der Waals surface area contributed by atoms with Gasteiger partial charge in [0.05, 0.1) is 18.4 Å². The van der Waals surface area contributed by atoms with E-state index < -0.39 is 0 Å². The van der Waals surface area contributed by atoms with Crippen LogP contribution in [0.1, 0.15) is 29.8 Å². The third-order valence-electron chi connectivity index (χ3n) is 4.75. The summed E-state index contributed by atoms with van der Waals surface area (Å²) in [7, 11) is 1.68. The fourth-order valence-electron chi connectivity index (χ4n) is 3.39. The normalized spacial score (nSPS) is 17.0. The topological polar surface area (TPSA) is 84.0 Å². The second-order valence-corrected chi connectivity index (χ2v) is 6.50. The lowest BCUT2D eigenvalue weighted by Crippen LogP contribution is -2.48. The number of nitrogens with zero attached hydrogens (tertiary/aromatic N) is 4. The monoisotopic (exact) mass is 329 g/mol. The molecule has 0 radical (unpaired) electrons. The van der Waals surface area contributed by atoms with E-state index in [9.17, 15) is 4.79 Å². The lowest BCUT2D eigenvalue weighted by Gasteiger charge is -2.39. The zero-order chi connectivity index (χ0) is 17.0. The highest BCUT2D eigenvalue weighted by Crippen LogP contribution is 2.33. The number of hydrogen-bond acceptors (Lipinski definition) is 5. The Morgan fingerprint density at radius 3 is 2.79 bits per heavy atom. The number of methoxy groups -OCH3 is 1. The summed E-state index contributed by atoms with van der Waals surface area (Å²) < 4.78 is 5.39. The van der Waals surface area contributed by atoms with Gasteiger partial charge < -0.3 is 9.64 Å². The molecule has 2 aromatic rings. The number of aromatic nitrogens is 4. The molecule has 1 aromatic carbocycles. The van der Waals surface area contributed by atoms with Crippen molar-refractivity contribution in [2.75, 3.05) is 26.8 Å². The van der Waals surface area contributed by atoms with Crippen LogP contribution >= 0.6 is 0 Å². The second-order valence-electron chi connectivity index (χ2n) is 6.50. The first-order valence-electron chi connectivity index (χ1n) is 8.19. The van der Waals surface area contributed by atoms with Crippen molar-refractivity contribution in [2.45, 2.75) is 31.6 Å². The Balaban J connectivity index is 1.64. The molecule has 0 spiro atoms. The fourth-order valence-corrected chi connectivity index (χ4v) is 3.39. The Bertz CT molecular complexity index is 678. The lowest BCUT2D eigenvalue weighted by atomic mass is 9.78. The third kappa shape index (κ3) is 3.46. The van der Waals surface area contributed by atoms with Crippen molar-refractivity contribution in [3.05, 3.63) is 41.2 Å². The molecular weight excluding hydrogens is 306 g/mol. The molecule has 3 rings (SSSR count). The minimum atomic E-state index is -0.262. The van der Waals surface area contributed by atoms with E-state index in [4.69, 9.17) is 4.74 Å². The number of nitrogens with one attached hydrogen (secondary N) is 1. The first kappa shape index (κ1) is 16.6. The number of aromatic amines is 1. The van der Waals surface area contributed by atoms with E-state index in [1.165, 1.54) is 5.56 Å². The number of tetrazole rings is 1. The van der Waals surface area contributed by atoms with E-state index in [1.807, 2.05) is 30.0 Å². The summed E-state index contributed by atoms with van der Waals surface area (Å²) in [4.78, 5) is 14.5. The van der Waals surface area contributed by atoms with Crippen molar-refractivity contribution in [1.29, 1.82) is 0 Å². The van der Waals surface area contributed by atoms with Crippen molar-refractivity contribution in [3.63, 3.8) is 0 Å². The molecular formula is C17H23N5O2. The summed E-state index contributed by atoms with van der Waals surface area (Å²) >= 11 is 0. The van der Waals surface area contributed by atoms with Crippen molar-refractivity contribution < 1.29 is 9.53 Å². The maximum absolute atomic E-state index is 12.6. The number of hydrogen-bond donors (Lipinski definition) is 1. The van der Waals surface area contributed by atoms with Crippen LogP contribution < -0.4 is 0 Å². The van der Waals surface area contributed by atoms with Crippen LogP contribution in [0.2, 0.25) is 0 Å². The molecule has 0 unspecified atom stereocenters. The summed E-state index contributed by atoms with van der Waals surface area (Å²) in [6.45, 7) is 3.94. The van der Waals surface area contributed by atoms with Crippen LogP contribution in [0.3, 0.4) is 0 Å². The first-order valence-corrected chi connectivity index (χ1v) is 8.19. The van der Waals surface area contributed by atoms with Crippen molar-refractivity contribution in [1.82, 2.24) is 25.5 Å². The van der Waals surface area contributed by atoms with Gasteiger partial charge in [0.1, 0.15) is 0 Å². The van der Waals surface area contributed by atoms with Gasteiger partial charge in [-0.3, -0.25) is 4.79 Å². The molecule has 1 fully saturated rings. The van der Waals surface area contributed by atoms with Crippen molar-refractivity contribution in [2.24, 2.45) is 0 Å². The third-order valence-corrected chi connectivity index (χ3v) is 4.75. The van der Waals surface area contributed by atoms with Crippen LogP contribution in [0, 0.1) is 6.92 Å². The zero-order valence-corrected chi connectivity index (χ0v) is 14.2. The van der Waals surface area contributed by atoms with E-state index in [-0.39, 0.29) is 11.3 Å². The largest absolute Gasteiger partial charge is 0.384 e. The van der Waals surface area contributed by atoms with Gasteiger partial charge in [-0.05, 0) is 25.3 Å². The molecule has 1 saturated heterocycles. The maximum Gasteiger partial charge on any atom is 0.226 e. The van der Waals surface area contributed by atoms with Gasteiger partial charge in [0.2, 0.25) is 5.91 Å². The van der Waals surface area contributed by atoms with E-state index in [0.29, 0.717) is 31.9 Å². The van der Waals surface area contributed by atoms with E-state index in [1.54, 1.807) is 7.11 Å². The van der Waals surface area contributed by atoms with Gasteiger partial charge in [-0.25, -0.2) is 0 Å². The predicted octanol–water partition coefficient (Wildman–Crippen LogP) is 1.26. The Morgan fingerprint density at radius 1 is 1.38 bits per heavy atom. The van der Waals surface area contributed by atoms with E-state index >= 15 is 0 Å². The summed E-state index contributed by atoms with van der Waals surface area (Å²) in [5.41, 5.74) is 1.98. The molecule has 1 amide bonds. The molecule has 1 N–H and O–H groups in total. The number of benzene rings is 1. The average molecular weight is 329 g/mol. The zero-order valence-electron chi connectivity index (χ0n) is 14.2. The number of carbonyl (C=O) groups excluding carboxylic acids is 1. The van der Waals surface area contributed by atoms with E-state index in [0.717, 1.165) is 18.4 Å². The lowest BCUT2D eigenvalue weighted by molar-refractivity contribution is -0.132. The Kier molecular flexibility index (Phi) is 4.89. The molecule has 0 atom stereocenters. The number of likely N-dealkylation sites (tertiary alicyclic amines) is 1. The highest BCUT2D eigenvalue weighted by molar-refractivity contribution is 5.79. The van der Waals surface area contributed by atoms with Crippen LogP contribution in [0.25, 0.3) is 0 Å². The Hall–Kier alpha value is -2.28. The van der Waals surface area contributed by atoms with Crippen LogP contribution in [0.5, 0.6) is 0 Å². The number of carbonyl (C=O) groups is 1. The summed E-state index contributed by atoms with van der Waals surface area (Å²) in [5.74, 6) is 0.842. The fraction of sp³-hybridized carbons (Fsp3) is 0.529. The highest BCUT2D eigenvalue weighted by Gasteiger charge is 2.40. The molecule has 0 saturated carbocycles. The number of amides is 1. The Morgan fingerprint density at radius 2 is 2.17 bits per heavy atom. The van der Waals surface area contributed by atoms with Crippen LogP contribution in [0.15, 0.2) is 24.3 Å². The van der Waals surface area contributed by atoms with Gasteiger partial charge in [-0.1, -0.05) is 35.0 Å². The molecule has 7 heteroatoms. The molecule has 7 nitrogen and oxygen atoms in total. The standard InChI is InChI=1S/C17H23N5O2/c1-13-4-3-5-14(10-13)11-15(23)22-8-6-17(7-9-22,12-24-2)16-18-20-21-19-16/h3-5,10H,6-9,11-12H2,1-2H3,(H,18,19,20,21). The number of rotatable bonds is 5. The molecule has 1 aliphatic rings. The smallest absolute Gasteiger partial charge is 0.226 e. The molecule has 1 aromatic heterocycles. The van der Waals surface area contributed by atoms with Gasteiger partial charge in [-0.15, -0.1) is 10.2 Å². The second kappa shape index (κ2) is 7.09. The summed E-state index contributed by atoms with van der Waals surface area (Å²) in [5, 5.41) is 14.5. The Labute approximate surface area is 141 Å².